The SMILES string of the molecule is C[NH+](Cc1ccccc1)CN1C(=O)N[C@@](C)(CCc2ccccc2)C1=O. The van der Waals surface area contributed by atoms with Crippen molar-refractivity contribution in [3.63, 3.8) is 0 Å². The molecule has 3 rings (SSSR count). The van der Waals surface area contributed by atoms with Crippen LogP contribution < -0.4 is 10.2 Å². The Hall–Kier alpha value is -2.66. The fourth-order valence-electron chi connectivity index (χ4n) is 3.37. The Bertz CT molecular complexity index is 763. The van der Waals surface area contributed by atoms with Gasteiger partial charge in [-0.15, -0.1) is 0 Å². The Labute approximate surface area is 154 Å². The molecule has 3 amide bonds. The average Bonchev–Trinajstić information content (AvgIpc) is 2.85. The summed E-state index contributed by atoms with van der Waals surface area (Å²) in [4.78, 5) is 27.7. The number of hydrogen-bond acceptors (Lipinski definition) is 2. The third-order valence-corrected chi connectivity index (χ3v) is 4.88. The second-order valence-electron chi connectivity index (χ2n) is 7.26. The minimum absolute atomic E-state index is 0.133. The van der Waals surface area contributed by atoms with Gasteiger partial charge in [-0.3, -0.25) is 4.79 Å². The number of quaternary nitrogens is 1. The zero-order valence-electron chi connectivity index (χ0n) is 15.4. The van der Waals surface area contributed by atoms with Crippen molar-refractivity contribution in [2.45, 2.75) is 31.8 Å². The Morgan fingerprint density at radius 3 is 2.15 bits per heavy atom. The van der Waals surface area contributed by atoms with Crippen LogP contribution in [0.25, 0.3) is 0 Å². The van der Waals surface area contributed by atoms with Crippen LogP contribution >= 0.6 is 0 Å². The second kappa shape index (κ2) is 7.70. The molecule has 2 N–H and O–H groups in total. The summed E-state index contributed by atoms with van der Waals surface area (Å²) in [6.07, 6.45) is 1.35. The lowest BCUT2D eigenvalue weighted by Gasteiger charge is -2.23. The molecule has 5 nitrogen and oxygen atoms in total. The maximum atomic E-state index is 12.9. The molecule has 2 aromatic rings. The highest BCUT2D eigenvalue weighted by Gasteiger charge is 2.48. The van der Waals surface area contributed by atoms with Crippen LogP contribution in [0, 0.1) is 0 Å². The van der Waals surface area contributed by atoms with Crippen molar-refractivity contribution in [1.29, 1.82) is 0 Å². The van der Waals surface area contributed by atoms with Crippen molar-refractivity contribution >= 4 is 11.9 Å². The van der Waals surface area contributed by atoms with Gasteiger partial charge in [0.15, 0.2) is 6.67 Å². The Morgan fingerprint density at radius 1 is 0.962 bits per heavy atom. The lowest BCUT2D eigenvalue weighted by atomic mass is 9.93. The maximum Gasteiger partial charge on any atom is 0.329 e. The normalized spacial score (nSPS) is 20.9. The number of urea groups is 1. The fraction of sp³-hybridized carbons (Fsp3) is 0.333. The van der Waals surface area contributed by atoms with Gasteiger partial charge in [-0.1, -0.05) is 60.7 Å². The minimum Gasteiger partial charge on any atom is -0.323 e. The van der Waals surface area contributed by atoms with Crippen LogP contribution in [0.1, 0.15) is 24.5 Å². The van der Waals surface area contributed by atoms with Gasteiger partial charge in [-0.2, -0.15) is 0 Å². The molecule has 0 bridgehead atoms. The molecule has 2 atom stereocenters. The van der Waals surface area contributed by atoms with Gasteiger partial charge in [0.1, 0.15) is 12.1 Å². The van der Waals surface area contributed by atoms with E-state index in [0.717, 1.165) is 17.9 Å². The van der Waals surface area contributed by atoms with Crippen LogP contribution in [0.2, 0.25) is 0 Å². The largest absolute Gasteiger partial charge is 0.329 e. The monoisotopic (exact) mass is 352 g/mol. The van der Waals surface area contributed by atoms with Gasteiger partial charge in [0.05, 0.1) is 7.05 Å². The van der Waals surface area contributed by atoms with E-state index in [1.807, 2.05) is 62.5 Å². The van der Waals surface area contributed by atoms with E-state index in [4.69, 9.17) is 0 Å². The van der Waals surface area contributed by atoms with Crippen molar-refractivity contribution in [2.75, 3.05) is 13.7 Å². The van der Waals surface area contributed by atoms with E-state index in [9.17, 15) is 9.59 Å². The van der Waals surface area contributed by atoms with E-state index < -0.39 is 5.54 Å². The summed E-state index contributed by atoms with van der Waals surface area (Å²) in [6.45, 7) is 2.95. The summed E-state index contributed by atoms with van der Waals surface area (Å²) in [5.74, 6) is -0.133. The molecule has 136 valence electrons. The molecule has 1 aliphatic heterocycles. The zero-order chi connectivity index (χ0) is 18.6. The topological polar surface area (TPSA) is 53.9 Å². The first kappa shape index (κ1) is 18.1. The zero-order valence-corrected chi connectivity index (χ0v) is 15.4. The van der Waals surface area contributed by atoms with Gasteiger partial charge in [0.25, 0.3) is 5.91 Å². The molecule has 1 unspecified atom stereocenters. The molecule has 1 fully saturated rings. The number of carbonyl (C=O) groups is 2. The summed E-state index contributed by atoms with van der Waals surface area (Å²) >= 11 is 0. The number of rotatable bonds is 7. The van der Waals surface area contributed by atoms with Gasteiger partial charge >= 0.3 is 6.03 Å². The first-order valence-electron chi connectivity index (χ1n) is 9.01. The Morgan fingerprint density at radius 2 is 1.54 bits per heavy atom. The van der Waals surface area contributed by atoms with Gasteiger partial charge < -0.3 is 10.2 Å². The summed E-state index contributed by atoms with van der Waals surface area (Å²) in [6, 6.07) is 19.8. The van der Waals surface area contributed by atoms with Crippen molar-refractivity contribution in [3.05, 3.63) is 71.8 Å². The smallest absolute Gasteiger partial charge is 0.323 e. The fourth-order valence-corrected chi connectivity index (χ4v) is 3.37. The number of aryl methyl sites for hydroxylation is 1. The maximum absolute atomic E-state index is 12.9. The number of imide groups is 1. The quantitative estimate of drug-likeness (QED) is 0.744. The highest BCUT2D eigenvalue weighted by atomic mass is 16.2. The number of amides is 3. The lowest BCUT2D eigenvalue weighted by molar-refractivity contribution is -0.901. The summed E-state index contributed by atoms with van der Waals surface area (Å²) in [7, 11) is 1.99. The van der Waals surface area contributed by atoms with Crippen molar-refractivity contribution in [2.24, 2.45) is 0 Å². The predicted molar refractivity (Wildman–Crippen MR) is 100 cm³/mol. The van der Waals surface area contributed by atoms with E-state index in [0.29, 0.717) is 13.1 Å². The number of carbonyl (C=O) groups excluding carboxylic acids is 2. The molecule has 0 aliphatic carbocycles. The Balaban J connectivity index is 1.60. The molecule has 0 aromatic heterocycles. The van der Waals surface area contributed by atoms with Gasteiger partial charge in [0, 0.05) is 5.56 Å². The van der Waals surface area contributed by atoms with E-state index in [2.05, 4.69) is 17.4 Å². The molecule has 26 heavy (non-hydrogen) atoms. The van der Waals surface area contributed by atoms with Crippen LogP contribution in [0.15, 0.2) is 60.7 Å². The van der Waals surface area contributed by atoms with Crippen molar-refractivity contribution in [3.8, 4) is 0 Å². The minimum atomic E-state index is -0.833. The number of hydrogen-bond donors (Lipinski definition) is 2. The highest BCUT2D eigenvalue weighted by Crippen LogP contribution is 2.22. The van der Waals surface area contributed by atoms with Crippen LogP contribution in [0.4, 0.5) is 4.79 Å². The van der Waals surface area contributed by atoms with Crippen LogP contribution in [-0.4, -0.2) is 36.1 Å². The lowest BCUT2D eigenvalue weighted by Crippen LogP contribution is -3.09. The molecular weight excluding hydrogens is 326 g/mol. The van der Waals surface area contributed by atoms with E-state index >= 15 is 0 Å². The number of benzene rings is 2. The molecule has 1 heterocycles. The molecule has 1 aliphatic rings. The number of nitrogens with zero attached hydrogens (tertiary/aromatic N) is 1. The Kier molecular flexibility index (Phi) is 5.38. The van der Waals surface area contributed by atoms with Gasteiger partial charge in [0.2, 0.25) is 0 Å². The molecule has 0 radical (unpaired) electrons. The van der Waals surface area contributed by atoms with Crippen LogP contribution in [0.5, 0.6) is 0 Å². The van der Waals surface area contributed by atoms with Gasteiger partial charge in [-0.25, -0.2) is 9.69 Å². The molecule has 1 saturated heterocycles. The highest BCUT2D eigenvalue weighted by molar-refractivity contribution is 6.06. The summed E-state index contributed by atoms with van der Waals surface area (Å²) in [5, 5.41) is 2.89. The van der Waals surface area contributed by atoms with Gasteiger partial charge in [-0.05, 0) is 25.3 Å². The van der Waals surface area contributed by atoms with E-state index in [1.54, 1.807) is 0 Å². The average molecular weight is 352 g/mol. The summed E-state index contributed by atoms with van der Waals surface area (Å²) in [5.41, 5.74) is 1.52. The van der Waals surface area contributed by atoms with Crippen molar-refractivity contribution < 1.29 is 14.5 Å². The first-order valence-corrected chi connectivity index (χ1v) is 9.01. The van der Waals surface area contributed by atoms with E-state index in [-0.39, 0.29) is 11.9 Å². The molecule has 5 heteroatoms. The first-order chi connectivity index (χ1) is 12.5. The van der Waals surface area contributed by atoms with Crippen LogP contribution in [0.3, 0.4) is 0 Å². The molecular formula is C21H26N3O2+. The number of nitrogens with one attached hydrogen (secondary N) is 2. The van der Waals surface area contributed by atoms with Crippen molar-refractivity contribution in [1.82, 2.24) is 10.2 Å². The predicted octanol–water partition coefficient (Wildman–Crippen LogP) is 1.60. The second-order valence-corrected chi connectivity index (χ2v) is 7.26. The third-order valence-electron chi connectivity index (χ3n) is 4.88. The molecule has 0 saturated carbocycles. The molecule has 0 spiro atoms. The molecule has 2 aromatic carbocycles. The van der Waals surface area contributed by atoms with E-state index in [1.165, 1.54) is 16.0 Å². The summed E-state index contributed by atoms with van der Waals surface area (Å²) < 4.78 is 0. The third kappa shape index (κ3) is 4.11. The van der Waals surface area contributed by atoms with Crippen LogP contribution in [-0.2, 0) is 17.8 Å². The standard InChI is InChI=1S/C21H25N3O2/c1-21(14-13-17-9-5-3-6-10-17)19(25)24(20(26)22-21)16-23(2)15-18-11-7-4-8-12-18/h3-12H,13-16H2,1-2H3,(H,22,26)/p+1/t21-/m0/s1.